The highest BCUT2D eigenvalue weighted by Gasteiger charge is 2.32. The topological polar surface area (TPSA) is 70.9 Å². The number of nitrogens with zero attached hydrogens (tertiary/aromatic N) is 2. The van der Waals surface area contributed by atoms with Crippen LogP contribution in [0.25, 0.3) is 6.08 Å². The second kappa shape index (κ2) is 9.67. The molecule has 0 unspecified atom stereocenters. The van der Waals surface area contributed by atoms with E-state index in [1.807, 2.05) is 48.5 Å². The first kappa shape index (κ1) is 20.3. The molecule has 1 saturated heterocycles. The molecule has 1 aliphatic heterocycles. The van der Waals surface area contributed by atoms with Crippen LogP contribution in [0.1, 0.15) is 46.3 Å². The molecule has 0 spiro atoms. The molecule has 4 rings (SSSR count). The number of aryl methyl sites for hydroxylation is 2. The molecule has 1 heterocycles. The highest BCUT2D eigenvalue weighted by Crippen LogP contribution is 2.26. The molecule has 30 heavy (non-hydrogen) atoms. The number of fused-ring (bicyclic) bond motifs is 1. The van der Waals surface area contributed by atoms with Gasteiger partial charge in [0.2, 0.25) is 5.91 Å². The van der Waals surface area contributed by atoms with Gasteiger partial charge in [-0.05, 0) is 54.5 Å². The fraction of sp³-hybridized carbons (Fsp3) is 0.250. The molecule has 6 heteroatoms. The number of hydrogen-bond acceptors (Lipinski definition) is 5. The predicted octanol–water partition coefficient (Wildman–Crippen LogP) is 4.43. The average molecular weight is 418 g/mol. The number of ketones is 1. The standard InChI is InChI=1S/C24H23N3O2S/c28-21(20-13-12-18-10-4-5-11-19(18)15-20)16-22-23(29)26-24(30-22)27-25-14-6-9-17-7-2-1-3-8-17/h1-3,6-9,12-15,22H,4-5,10-11,16H2,(H,26,27,29)/b9-6+,25-14-/t22-/m0/s1. The maximum Gasteiger partial charge on any atom is 0.240 e. The molecule has 2 aromatic carbocycles. The van der Waals surface area contributed by atoms with Crippen molar-refractivity contribution in [3.05, 3.63) is 76.9 Å². The van der Waals surface area contributed by atoms with Crippen LogP contribution in [0.4, 0.5) is 0 Å². The first-order chi connectivity index (χ1) is 14.7. The minimum Gasteiger partial charge on any atom is -0.303 e. The number of Topliss-reactive ketones (excluding diaryl/α,β-unsaturated/α-hetero) is 1. The maximum absolute atomic E-state index is 12.7. The fourth-order valence-corrected chi connectivity index (χ4v) is 4.55. The first-order valence-corrected chi connectivity index (χ1v) is 11.0. The van der Waals surface area contributed by atoms with E-state index in [9.17, 15) is 9.59 Å². The molecule has 1 atom stereocenters. The third-order valence-electron chi connectivity index (χ3n) is 5.21. The second-order valence-corrected chi connectivity index (χ2v) is 8.54. The van der Waals surface area contributed by atoms with Crippen LogP contribution >= 0.6 is 11.8 Å². The van der Waals surface area contributed by atoms with E-state index < -0.39 is 5.25 Å². The number of carbonyl (C=O) groups excluding carboxylic acids is 2. The molecular weight excluding hydrogens is 394 g/mol. The Hall–Kier alpha value is -2.99. The number of amides is 1. The molecule has 2 aliphatic rings. The quantitative estimate of drug-likeness (QED) is 0.430. The smallest absolute Gasteiger partial charge is 0.240 e. The Bertz CT molecular complexity index is 1030. The van der Waals surface area contributed by atoms with Gasteiger partial charge in [0.05, 0.1) is 5.25 Å². The molecule has 5 nitrogen and oxygen atoms in total. The molecule has 0 bridgehead atoms. The van der Waals surface area contributed by atoms with Crippen molar-refractivity contribution in [1.82, 2.24) is 5.32 Å². The molecule has 2 aromatic rings. The Morgan fingerprint density at radius 2 is 1.90 bits per heavy atom. The van der Waals surface area contributed by atoms with E-state index in [2.05, 4.69) is 21.6 Å². The van der Waals surface area contributed by atoms with Gasteiger partial charge in [0, 0.05) is 18.2 Å². The number of carbonyl (C=O) groups is 2. The number of amidine groups is 1. The summed E-state index contributed by atoms with van der Waals surface area (Å²) in [5.41, 5.74) is 4.38. The highest BCUT2D eigenvalue weighted by atomic mass is 32.2. The summed E-state index contributed by atoms with van der Waals surface area (Å²) < 4.78 is 0. The largest absolute Gasteiger partial charge is 0.303 e. The second-order valence-electron chi connectivity index (χ2n) is 7.35. The van der Waals surface area contributed by atoms with Gasteiger partial charge in [-0.3, -0.25) is 9.59 Å². The van der Waals surface area contributed by atoms with Gasteiger partial charge in [0.15, 0.2) is 11.0 Å². The third-order valence-corrected chi connectivity index (χ3v) is 6.28. The van der Waals surface area contributed by atoms with Crippen molar-refractivity contribution in [3.63, 3.8) is 0 Å². The van der Waals surface area contributed by atoms with Gasteiger partial charge < -0.3 is 5.32 Å². The van der Waals surface area contributed by atoms with Crippen molar-refractivity contribution < 1.29 is 9.59 Å². The molecule has 0 radical (unpaired) electrons. The summed E-state index contributed by atoms with van der Waals surface area (Å²) >= 11 is 1.26. The van der Waals surface area contributed by atoms with Crippen LogP contribution in [0.2, 0.25) is 0 Å². The Labute approximate surface area is 180 Å². The first-order valence-electron chi connectivity index (χ1n) is 10.1. The van der Waals surface area contributed by atoms with Crippen molar-refractivity contribution in [2.45, 2.75) is 37.4 Å². The zero-order chi connectivity index (χ0) is 20.8. The van der Waals surface area contributed by atoms with E-state index in [4.69, 9.17) is 0 Å². The number of rotatable bonds is 6. The number of hydrogen-bond donors (Lipinski definition) is 1. The molecular formula is C24H23N3O2S. The lowest BCUT2D eigenvalue weighted by atomic mass is 9.89. The predicted molar refractivity (Wildman–Crippen MR) is 123 cm³/mol. The molecule has 1 amide bonds. The van der Waals surface area contributed by atoms with Crippen LogP contribution < -0.4 is 5.32 Å². The average Bonchev–Trinajstić information content (AvgIpc) is 3.12. The van der Waals surface area contributed by atoms with E-state index in [1.54, 1.807) is 12.3 Å². The van der Waals surface area contributed by atoms with Crippen LogP contribution in [0.15, 0.2) is 64.8 Å². The monoisotopic (exact) mass is 417 g/mol. The Balaban J connectivity index is 1.33. The fourth-order valence-electron chi connectivity index (χ4n) is 3.62. The third kappa shape index (κ3) is 5.13. The summed E-state index contributed by atoms with van der Waals surface area (Å²) in [4.78, 5) is 24.9. The maximum atomic E-state index is 12.7. The summed E-state index contributed by atoms with van der Waals surface area (Å²) in [6, 6.07) is 15.8. The van der Waals surface area contributed by atoms with E-state index in [1.165, 1.54) is 35.7 Å². The molecule has 1 fully saturated rings. The SMILES string of the molecule is O=C(C[C@@H]1S/C(=N/N=C\C=C\c2ccccc2)NC1=O)c1ccc2c(c1)CCCC2. The number of benzene rings is 2. The van der Waals surface area contributed by atoms with Gasteiger partial charge in [0.25, 0.3) is 0 Å². The van der Waals surface area contributed by atoms with Gasteiger partial charge >= 0.3 is 0 Å². The van der Waals surface area contributed by atoms with Crippen LogP contribution in [-0.2, 0) is 17.6 Å². The van der Waals surface area contributed by atoms with E-state index >= 15 is 0 Å². The Morgan fingerprint density at radius 1 is 1.10 bits per heavy atom. The molecule has 0 saturated carbocycles. The highest BCUT2D eigenvalue weighted by molar-refractivity contribution is 8.15. The zero-order valence-corrected chi connectivity index (χ0v) is 17.4. The summed E-state index contributed by atoms with van der Waals surface area (Å²) in [5, 5.41) is 10.7. The van der Waals surface area contributed by atoms with Gasteiger partial charge in [-0.1, -0.05) is 60.3 Å². The number of thioether (sulfide) groups is 1. The van der Waals surface area contributed by atoms with Crippen LogP contribution in [0, 0.1) is 0 Å². The van der Waals surface area contributed by atoms with E-state index in [-0.39, 0.29) is 18.1 Å². The number of allylic oxidation sites excluding steroid dienone is 1. The lowest BCUT2D eigenvalue weighted by Crippen LogP contribution is -2.26. The van der Waals surface area contributed by atoms with Gasteiger partial charge in [-0.25, -0.2) is 0 Å². The van der Waals surface area contributed by atoms with Crippen molar-refractivity contribution >= 4 is 40.9 Å². The lowest BCUT2D eigenvalue weighted by molar-refractivity contribution is -0.118. The van der Waals surface area contributed by atoms with Crippen LogP contribution in [0.3, 0.4) is 0 Å². The zero-order valence-electron chi connectivity index (χ0n) is 16.6. The minimum atomic E-state index is -0.470. The summed E-state index contributed by atoms with van der Waals surface area (Å²) in [7, 11) is 0. The molecule has 1 aliphatic carbocycles. The van der Waals surface area contributed by atoms with Gasteiger partial charge in [-0.15, -0.1) is 5.10 Å². The molecule has 152 valence electrons. The van der Waals surface area contributed by atoms with Crippen molar-refractivity contribution in [2.75, 3.05) is 0 Å². The molecule has 0 aromatic heterocycles. The van der Waals surface area contributed by atoms with E-state index in [0.717, 1.165) is 18.4 Å². The summed E-state index contributed by atoms with van der Waals surface area (Å²) in [5.74, 6) is -0.202. The van der Waals surface area contributed by atoms with Crippen LogP contribution in [0.5, 0.6) is 0 Å². The summed E-state index contributed by atoms with van der Waals surface area (Å²) in [6.07, 6.45) is 9.94. The molecule has 1 N–H and O–H groups in total. The Kier molecular flexibility index (Phi) is 6.54. The Morgan fingerprint density at radius 3 is 2.73 bits per heavy atom. The lowest BCUT2D eigenvalue weighted by Gasteiger charge is -2.16. The summed E-state index contributed by atoms with van der Waals surface area (Å²) in [6.45, 7) is 0. The van der Waals surface area contributed by atoms with Gasteiger partial charge in [-0.2, -0.15) is 5.10 Å². The van der Waals surface area contributed by atoms with E-state index in [0.29, 0.717) is 10.7 Å². The number of nitrogens with one attached hydrogen (secondary N) is 1. The van der Waals surface area contributed by atoms with Crippen molar-refractivity contribution in [2.24, 2.45) is 10.2 Å². The van der Waals surface area contributed by atoms with Crippen molar-refractivity contribution in [1.29, 1.82) is 0 Å². The normalized spacial score (nSPS) is 20.1. The minimum absolute atomic E-state index is 0.00781. The van der Waals surface area contributed by atoms with Crippen LogP contribution in [-0.4, -0.2) is 28.3 Å². The van der Waals surface area contributed by atoms with Crippen molar-refractivity contribution in [3.8, 4) is 0 Å². The van der Waals surface area contributed by atoms with Gasteiger partial charge in [0.1, 0.15) is 0 Å².